The van der Waals surface area contributed by atoms with Crippen molar-refractivity contribution in [2.24, 2.45) is 0 Å². The lowest BCUT2D eigenvalue weighted by molar-refractivity contribution is -0.140. The molecule has 38 heavy (non-hydrogen) atoms. The third kappa shape index (κ3) is 6.94. The van der Waals surface area contributed by atoms with Crippen LogP contribution in [0.1, 0.15) is 37.0 Å². The van der Waals surface area contributed by atoms with Crippen LogP contribution in [0.5, 0.6) is 0 Å². The van der Waals surface area contributed by atoms with E-state index in [1.54, 1.807) is 37.3 Å². The lowest BCUT2D eigenvalue weighted by atomic mass is 10.1. The van der Waals surface area contributed by atoms with E-state index in [4.69, 9.17) is 11.6 Å². The molecule has 0 spiro atoms. The van der Waals surface area contributed by atoms with Gasteiger partial charge in [0.25, 0.3) is 10.0 Å². The van der Waals surface area contributed by atoms with E-state index < -0.39 is 28.5 Å². The normalized spacial score (nSPS) is 12.0. The first-order valence-electron chi connectivity index (χ1n) is 12.5. The summed E-state index contributed by atoms with van der Waals surface area (Å²) in [5.41, 5.74) is 2.85. The van der Waals surface area contributed by atoms with Gasteiger partial charge in [0, 0.05) is 18.1 Å². The number of sulfonamides is 1. The number of halogens is 1. The fourth-order valence-corrected chi connectivity index (χ4v) is 5.84. The SMILES string of the molecule is CCNC(=O)[C@H](CC)N(Cc1ccc(C)cc1)C(=O)CN(c1cc(Cl)ccc1C)S(=O)(=O)c1ccccc1. The van der Waals surface area contributed by atoms with Gasteiger partial charge in [0.2, 0.25) is 11.8 Å². The number of aryl methyl sites for hydroxylation is 2. The second-order valence-corrected chi connectivity index (χ2v) is 11.4. The van der Waals surface area contributed by atoms with Gasteiger partial charge in [0.15, 0.2) is 0 Å². The van der Waals surface area contributed by atoms with Crippen LogP contribution in [-0.4, -0.2) is 44.3 Å². The Kier molecular flexibility index (Phi) is 9.94. The smallest absolute Gasteiger partial charge is 0.264 e. The molecule has 0 fully saturated rings. The van der Waals surface area contributed by atoms with E-state index in [0.717, 1.165) is 15.4 Å². The molecule has 0 aliphatic rings. The van der Waals surface area contributed by atoms with Gasteiger partial charge in [0.05, 0.1) is 10.6 Å². The number of rotatable bonds is 11. The van der Waals surface area contributed by atoms with Crippen molar-refractivity contribution < 1.29 is 18.0 Å². The molecule has 3 rings (SSSR count). The summed E-state index contributed by atoms with van der Waals surface area (Å²) in [6.45, 7) is 7.44. The molecule has 1 atom stereocenters. The number of anilines is 1. The highest BCUT2D eigenvalue weighted by atomic mass is 35.5. The molecule has 0 radical (unpaired) electrons. The van der Waals surface area contributed by atoms with E-state index in [1.807, 2.05) is 45.0 Å². The van der Waals surface area contributed by atoms with Crippen LogP contribution in [-0.2, 0) is 26.2 Å². The number of likely N-dealkylation sites (N-methyl/N-ethyl adjacent to an activating group) is 1. The van der Waals surface area contributed by atoms with E-state index >= 15 is 0 Å². The van der Waals surface area contributed by atoms with Crippen molar-refractivity contribution >= 4 is 39.1 Å². The molecule has 0 saturated heterocycles. The highest BCUT2D eigenvalue weighted by Gasteiger charge is 2.34. The fourth-order valence-electron chi connectivity index (χ4n) is 4.19. The van der Waals surface area contributed by atoms with Crippen LogP contribution in [0.15, 0.2) is 77.7 Å². The van der Waals surface area contributed by atoms with Crippen molar-refractivity contribution in [2.45, 2.75) is 51.6 Å². The topological polar surface area (TPSA) is 86.8 Å². The average Bonchev–Trinajstić information content (AvgIpc) is 2.90. The van der Waals surface area contributed by atoms with E-state index in [1.165, 1.54) is 23.1 Å². The zero-order valence-electron chi connectivity index (χ0n) is 22.1. The van der Waals surface area contributed by atoms with Gasteiger partial charge in [-0.3, -0.25) is 13.9 Å². The highest BCUT2D eigenvalue weighted by Crippen LogP contribution is 2.30. The Morgan fingerprint density at radius 3 is 2.21 bits per heavy atom. The molecule has 9 heteroatoms. The Morgan fingerprint density at radius 1 is 0.947 bits per heavy atom. The van der Waals surface area contributed by atoms with Crippen molar-refractivity contribution in [3.63, 3.8) is 0 Å². The number of nitrogens with zero attached hydrogens (tertiary/aromatic N) is 2. The second kappa shape index (κ2) is 12.9. The van der Waals surface area contributed by atoms with Crippen LogP contribution < -0.4 is 9.62 Å². The third-order valence-electron chi connectivity index (χ3n) is 6.26. The summed E-state index contributed by atoms with van der Waals surface area (Å²) in [5.74, 6) is -0.783. The molecule has 0 heterocycles. The van der Waals surface area contributed by atoms with Crippen LogP contribution in [0.25, 0.3) is 0 Å². The van der Waals surface area contributed by atoms with E-state index in [9.17, 15) is 18.0 Å². The van der Waals surface area contributed by atoms with Gasteiger partial charge in [-0.05, 0) is 62.6 Å². The minimum atomic E-state index is -4.14. The summed E-state index contributed by atoms with van der Waals surface area (Å²) >= 11 is 6.26. The maximum atomic E-state index is 14.0. The predicted octanol–water partition coefficient (Wildman–Crippen LogP) is 5.10. The Hall–Kier alpha value is -3.36. The Balaban J connectivity index is 2.08. The lowest BCUT2D eigenvalue weighted by Crippen LogP contribution is -2.52. The van der Waals surface area contributed by atoms with Crippen molar-refractivity contribution in [3.05, 3.63) is 94.5 Å². The van der Waals surface area contributed by atoms with Crippen molar-refractivity contribution in [1.29, 1.82) is 0 Å². The number of benzene rings is 3. The summed E-state index contributed by atoms with van der Waals surface area (Å²) in [7, 11) is -4.14. The van der Waals surface area contributed by atoms with Gasteiger partial charge >= 0.3 is 0 Å². The average molecular weight is 556 g/mol. The van der Waals surface area contributed by atoms with Crippen molar-refractivity contribution in [1.82, 2.24) is 10.2 Å². The van der Waals surface area contributed by atoms with Gasteiger partial charge in [-0.1, -0.05) is 72.6 Å². The summed E-state index contributed by atoms with van der Waals surface area (Å²) in [5, 5.41) is 3.15. The molecule has 1 N–H and O–H groups in total. The number of hydrogen-bond donors (Lipinski definition) is 1. The van der Waals surface area contributed by atoms with Gasteiger partial charge in [0.1, 0.15) is 12.6 Å². The molecular formula is C29H34ClN3O4S. The minimum absolute atomic E-state index is 0.0491. The van der Waals surface area contributed by atoms with Gasteiger partial charge in [-0.2, -0.15) is 0 Å². The highest BCUT2D eigenvalue weighted by molar-refractivity contribution is 7.92. The van der Waals surface area contributed by atoms with Gasteiger partial charge in [-0.15, -0.1) is 0 Å². The molecule has 0 aliphatic heterocycles. The minimum Gasteiger partial charge on any atom is -0.355 e. The first-order chi connectivity index (χ1) is 18.1. The van der Waals surface area contributed by atoms with Crippen molar-refractivity contribution in [2.75, 3.05) is 17.4 Å². The molecule has 2 amide bonds. The zero-order valence-corrected chi connectivity index (χ0v) is 23.7. The standard InChI is InChI=1S/C29H34ClN3O4S/c1-5-26(29(35)31-6-2)32(19-23-15-12-21(3)13-16-23)28(34)20-33(27-18-24(30)17-14-22(27)4)38(36,37)25-10-8-7-9-11-25/h7-18,26H,5-6,19-20H2,1-4H3,(H,31,35)/t26-/m0/s1. The first-order valence-corrected chi connectivity index (χ1v) is 14.4. The van der Waals surface area contributed by atoms with Crippen LogP contribution >= 0.6 is 11.6 Å². The molecule has 3 aromatic rings. The molecule has 0 saturated carbocycles. The lowest BCUT2D eigenvalue weighted by Gasteiger charge is -2.33. The fraction of sp³-hybridized carbons (Fsp3) is 0.310. The molecule has 0 unspecified atom stereocenters. The van der Waals surface area contributed by atoms with Crippen LogP contribution in [0.3, 0.4) is 0 Å². The number of carbonyl (C=O) groups excluding carboxylic acids is 2. The number of amides is 2. The first kappa shape index (κ1) is 29.2. The molecule has 202 valence electrons. The zero-order chi connectivity index (χ0) is 27.9. The maximum absolute atomic E-state index is 14.0. The Morgan fingerprint density at radius 2 is 1.61 bits per heavy atom. The Labute approximate surface area is 230 Å². The predicted molar refractivity (Wildman–Crippen MR) is 152 cm³/mol. The maximum Gasteiger partial charge on any atom is 0.264 e. The Bertz CT molecular complexity index is 1360. The quantitative estimate of drug-likeness (QED) is 0.357. The molecule has 0 aliphatic carbocycles. The van der Waals surface area contributed by atoms with Gasteiger partial charge in [-0.25, -0.2) is 8.42 Å². The van der Waals surface area contributed by atoms with E-state index in [-0.39, 0.29) is 17.3 Å². The van der Waals surface area contributed by atoms with Crippen LogP contribution in [0.4, 0.5) is 5.69 Å². The monoisotopic (exact) mass is 555 g/mol. The molecule has 3 aromatic carbocycles. The second-order valence-electron chi connectivity index (χ2n) is 9.08. The van der Waals surface area contributed by atoms with Crippen LogP contribution in [0, 0.1) is 13.8 Å². The van der Waals surface area contributed by atoms with Gasteiger partial charge < -0.3 is 10.2 Å². The van der Waals surface area contributed by atoms with Crippen LogP contribution in [0.2, 0.25) is 5.02 Å². The van der Waals surface area contributed by atoms with E-state index in [0.29, 0.717) is 29.2 Å². The number of hydrogen-bond acceptors (Lipinski definition) is 4. The molecule has 0 aromatic heterocycles. The summed E-state index contributed by atoms with van der Waals surface area (Å²) in [6, 6.07) is 19.8. The summed E-state index contributed by atoms with van der Waals surface area (Å²) in [6.07, 6.45) is 0.366. The third-order valence-corrected chi connectivity index (χ3v) is 8.27. The van der Waals surface area contributed by atoms with E-state index in [2.05, 4.69) is 5.32 Å². The molecule has 7 nitrogen and oxygen atoms in total. The summed E-state index contributed by atoms with van der Waals surface area (Å²) in [4.78, 5) is 28.5. The largest absolute Gasteiger partial charge is 0.355 e. The number of carbonyl (C=O) groups is 2. The number of nitrogens with one attached hydrogen (secondary N) is 1. The molecule has 0 bridgehead atoms. The summed E-state index contributed by atoms with van der Waals surface area (Å²) < 4.78 is 28.8. The van der Waals surface area contributed by atoms with Crippen molar-refractivity contribution in [3.8, 4) is 0 Å². The molecular weight excluding hydrogens is 522 g/mol.